The van der Waals surface area contributed by atoms with Gasteiger partial charge >= 0.3 is 0 Å². The minimum Gasteiger partial charge on any atom is -0.351 e. The molecule has 0 spiro atoms. The van der Waals surface area contributed by atoms with Crippen molar-refractivity contribution in [2.24, 2.45) is 0 Å². The van der Waals surface area contributed by atoms with Crippen molar-refractivity contribution in [2.75, 3.05) is 11.9 Å². The average Bonchev–Trinajstić information content (AvgIpc) is 2.77. The van der Waals surface area contributed by atoms with Crippen LogP contribution in [0, 0.1) is 18.3 Å². The topological polar surface area (TPSA) is 82.0 Å². The van der Waals surface area contributed by atoms with E-state index in [0.29, 0.717) is 11.1 Å². The smallest absolute Gasteiger partial charge is 0.252 e. The number of nitriles is 1. The lowest BCUT2D eigenvalue weighted by Crippen LogP contribution is -2.28. The van der Waals surface area contributed by atoms with E-state index in [0.717, 1.165) is 25.5 Å². The SMILES string of the molecule is Cc1ccc(Br)cc1NC(=O)CCNC(=O)c1ccccc1Sc1ccccc1C#N. The van der Waals surface area contributed by atoms with Gasteiger partial charge in [-0.15, -0.1) is 0 Å². The molecule has 3 rings (SSSR count). The van der Waals surface area contributed by atoms with Crippen LogP contribution >= 0.6 is 27.7 Å². The summed E-state index contributed by atoms with van der Waals surface area (Å²) in [5, 5.41) is 15.0. The lowest BCUT2D eigenvalue weighted by atomic mass is 10.2. The minimum atomic E-state index is -0.260. The first-order chi connectivity index (χ1) is 15.0. The number of amides is 2. The third-order valence-electron chi connectivity index (χ3n) is 4.47. The van der Waals surface area contributed by atoms with Crippen LogP contribution in [0.3, 0.4) is 0 Å². The van der Waals surface area contributed by atoms with Gasteiger partial charge in [0.15, 0.2) is 0 Å². The van der Waals surface area contributed by atoms with Crippen LogP contribution in [-0.4, -0.2) is 18.4 Å². The Hall–Kier alpha value is -3.08. The van der Waals surface area contributed by atoms with Gasteiger partial charge in [-0.3, -0.25) is 9.59 Å². The Kier molecular flexibility index (Phi) is 7.88. The lowest BCUT2D eigenvalue weighted by molar-refractivity contribution is -0.116. The number of hydrogen-bond acceptors (Lipinski definition) is 4. The second-order valence-corrected chi connectivity index (χ2v) is 8.72. The molecule has 0 aliphatic carbocycles. The fourth-order valence-electron chi connectivity index (χ4n) is 2.84. The second kappa shape index (κ2) is 10.8. The Morgan fingerprint density at radius 1 is 1.03 bits per heavy atom. The van der Waals surface area contributed by atoms with Gasteiger partial charge in [0, 0.05) is 32.9 Å². The molecule has 0 bridgehead atoms. The minimum absolute atomic E-state index is 0.157. The van der Waals surface area contributed by atoms with Crippen molar-refractivity contribution in [3.63, 3.8) is 0 Å². The zero-order valence-corrected chi connectivity index (χ0v) is 19.2. The fraction of sp³-hybridized carbons (Fsp3) is 0.125. The van der Waals surface area contributed by atoms with Gasteiger partial charge in [0.2, 0.25) is 5.91 Å². The molecule has 0 heterocycles. The summed E-state index contributed by atoms with van der Waals surface area (Å²) in [6.07, 6.45) is 0.157. The van der Waals surface area contributed by atoms with Gasteiger partial charge in [-0.25, -0.2) is 0 Å². The number of carbonyl (C=O) groups excluding carboxylic acids is 2. The summed E-state index contributed by atoms with van der Waals surface area (Å²) in [5.41, 5.74) is 2.76. The van der Waals surface area contributed by atoms with Crippen molar-refractivity contribution in [3.05, 3.63) is 87.9 Å². The number of benzene rings is 3. The van der Waals surface area contributed by atoms with E-state index in [9.17, 15) is 14.9 Å². The molecule has 7 heteroatoms. The van der Waals surface area contributed by atoms with Crippen LogP contribution in [0.15, 0.2) is 81.0 Å². The van der Waals surface area contributed by atoms with E-state index < -0.39 is 0 Å². The molecular formula is C24H20BrN3O2S. The van der Waals surface area contributed by atoms with Crippen molar-refractivity contribution >= 4 is 45.2 Å². The maximum absolute atomic E-state index is 12.7. The lowest BCUT2D eigenvalue weighted by Gasteiger charge is -2.11. The Morgan fingerprint density at radius 3 is 2.52 bits per heavy atom. The van der Waals surface area contributed by atoms with Crippen molar-refractivity contribution in [1.29, 1.82) is 5.26 Å². The average molecular weight is 494 g/mol. The van der Waals surface area contributed by atoms with Crippen molar-refractivity contribution in [1.82, 2.24) is 5.32 Å². The summed E-state index contributed by atoms with van der Waals surface area (Å²) in [5.74, 6) is -0.434. The summed E-state index contributed by atoms with van der Waals surface area (Å²) < 4.78 is 0.883. The number of nitrogens with zero attached hydrogens (tertiary/aromatic N) is 1. The zero-order valence-electron chi connectivity index (χ0n) is 16.8. The number of hydrogen-bond donors (Lipinski definition) is 2. The van der Waals surface area contributed by atoms with E-state index in [2.05, 4.69) is 32.6 Å². The van der Waals surface area contributed by atoms with Gasteiger partial charge in [0.25, 0.3) is 5.91 Å². The molecule has 31 heavy (non-hydrogen) atoms. The third-order valence-corrected chi connectivity index (χ3v) is 6.12. The summed E-state index contributed by atoms with van der Waals surface area (Å²) in [6.45, 7) is 2.13. The number of nitrogens with one attached hydrogen (secondary N) is 2. The molecular weight excluding hydrogens is 474 g/mol. The molecule has 0 aromatic heterocycles. The molecule has 0 fully saturated rings. The number of rotatable bonds is 7. The van der Waals surface area contributed by atoms with Crippen LogP contribution in [0.4, 0.5) is 5.69 Å². The molecule has 156 valence electrons. The third kappa shape index (κ3) is 6.20. The van der Waals surface area contributed by atoms with Gasteiger partial charge < -0.3 is 10.6 Å². The maximum atomic E-state index is 12.7. The van der Waals surface area contributed by atoms with E-state index in [1.54, 1.807) is 18.2 Å². The molecule has 0 unspecified atom stereocenters. The van der Waals surface area contributed by atoms with E-state index >= 15 is 0 Å². The quantitative estimate of drug-likeness (QED) is 0.452. The predicted molar refractivity (Wildman–Crippen MR) is 126 cm³/mol. The van der Waals surface area contributed by atoms with Crippen LogP contribution in [-0.2, 0) is 4.79 Å². The molecule has 3 aromatic rings. The van der Waals surface area contributed by atoms with Crippen LogP contribution in [0.25, 0.3) is 0 Å². The Bertz CT molecular complexity index is 1160. The number of anilines is 1. The Balaban J connectivity index is 1.60. The van der Waals surface area contributed by atoms with Crippen LogP contribution in [0.2, 0.25) is 0 Å². The number of carbonyl (C=O) groups is 2. The van der Waals surface area contributed by atoms with E-state index in [4.69, 9.17) is 0 Å². The predicted octanol–water partition coefficient (Wildman–Crippen LogP) is 5.54. The zero-order chi connectivity index (χ0) is 22.2. The Labute approximate surface area is 194 Å². The molecule has 0 saturated heterocycles. The van der Waals surface area contributed by atoms with Gasteiger partial charge in [-0.05, 0) is 48.9 Å². The van der Waals surface area contributed by atoms with Crippen LogP contribution < -0.4 is 10.6 Å². The highest BCUT2D eigenvalue weighted by molar-refractivity contribution is 9.10. The molecule has 0 aliphatic rings. The highest BCUT2D eigenvalue weighted by Gasteiger charge is 2.14. The highest BCUT2D eigenvalue weighted by Crippen LogP contribution is 2.32. The largest absolute Gasteiger partial charge is 0.351 e. The van der Waals surface area contributed by atoms with E-state index in [1.807, 2.05) is 55.5 Å². The molecule has 3 aromatic carbocycles. The van der Waals surface area contributed by atoms with Crippen LogP contribution in [0.5, 0.6) is 0 Å². The van der Waals surface area contributed by atoms with E-state index in [-0.39, 0.29) is 24.8 Å². The van der Waals surface area contributed by atoms with Gasteiger partial charge in [-0.1, -0.05) is 58.0 Å². The molecule has 2 N–H and O–H groups in total. The molecule has 0 saturated carbocycles. The van der Waals surface area contributed by atoms with Crippen molar-refractivity contribution in [3.8, 4) is 6.07 Å². The summed E-state index contributed by atoms with van der Waals surface area (Å²) >= 11 is 4.77. The normalized spacial score (nSPS) is 10.2. The first-order valence-corrected chi connectivity index (χ1v) is 11.2. The van der Waals surface area contributed by atoms with Gasteiger partial charge in [-0.2, -0.15) is 5.26 Å². The second-order valence-electron chi connectivity index (χ2n) is 6.72. The monoisotopic (exact) mass is 493 g/mol. The van der Waals surface area contributed by atoms with Crippen LogP contribution in [0.1, 0.15) is 27.9 Å². The first-order valence-electron chi connectivity index (χ1n) is 9.58. The van der Waals surface area contributed by atoms with Crippen molar-refractivity contribution < 1.29 is 9.59 Å². The van der Waals surface area contributed by atoms with E-state index in [1.165, 1.54) is 11.8 Å². The molecule has 2 amide bonds. The van der Waals surface area contributed by atoms with Gasteiger partial charge in [0.1, 0.15) is 6.07 Å². The summed E-state index contributed by atoms with van der Waals surface area (Å²) in [6, 6.07) is 22.3. The fourth-order valence-corrected chi connectivity index (χ4v) is 4.22. The number of halogens is 1. The van der Waals surface area contributed by atoms with Gasteiger partial charge in [0.05, 0.1) is 11.1 Å². The first kappa shape index (κ1) is 22.6. The molecule has 0 atom stereocenters. The molecule has 0 aliphatic heterocycles. The van der Waals surface area contributed by atoms with Crippen molar-refractivity contribution in [2.45, 2.75) is 23.1 Å². The maximum Gasteiger partial charge on any atom is 0.252 e. The number of aryl methyl sites for hydroxylation is 1. The molecule has 5 nitrogen and oxygen atoms in total. The summed E-state index contributed by atoms with van der Waals surface area (Å²) in [7, 11) is 0. The standard InChI is InChI=1S/C24H20BrN3O2S/c1-16-10-11-18(25)14-20(16)28-23(29)12-13-27-24(30)19-7-3-5-9-22(19)31-21-8-4-2-6-17(21)15-26/h2-11,14H,12-13H2,1H3,(H,27,30)(H,28,29). The Morgan fingerprint density at radius 2 is 1.74 bits per heavy atom. The summed E-state index contributed by atoms with van der Waals surface area (Å²) in [4.78, 5) is 26.5. The molecule has 0 radical (unpaired) electrons. The highest BCUT2D eigenvalue weighted by atomic mass is 79.9.